The Hall–Kier alpha value is -3.99. The van der Waals surface area contributed by atoms with Gasteiger partial charge in [0, 0.05) is 38.4 Å². The fourth-order valence-corrected chi connectivity index (χ4v) is 2.97. The van der Waals surface area contributed by atoms with Crippen LogP contribution in [0, 0.1) is 0 Å². The van der Waals surface area contributed by atoms with E-state index in [1.54, 1.807) is 43.6 Å². The summed E-state index contributed by atoms with van der Waals surface area (Å²) in [7, 11) is 1.61. The number of methoxy groups -OCH3 is 1. The van der Waals surface area contributed by atoms with Crippen LogP contribution in [0.4, 0.5) is 11.5 Å². The molecule has 0 aliphatic rings. The molecule has 0 fully saturated rings. The van der Waals surface area contributed by atoms with Gasteiger partial charge < -0.3 is 25.1 Å². The SMILES string of the molecule is COCCn1c(-c2nonc2N)nc2cnc(Oc3cccc(NC(C)=O)c3)cc21. The summed E-state index contributed by atoms with van der Waals surface area (Å²) >= 11 is 0. The first-order valence-corrected chi connectivity index (χ1v) is 9.04. The molecule has 0 radical (unpaired) electrons. The van der Waals surface area contributed by atoms with Gasteiger partial charge >= 0.3 is 0 Å². The standard InChI is InChI=1S/C19H19N7O4/c1-11(27)22-12-4-3-5-13(8-12)29-16-9-15-14(10-21-16)23-19(26(15)6-7-28-2)17-18(20)25-30-24-17/h3-5,8-10H,6-7H2,1-2H3,(H2,20,25)(H,22,27). The van der Waals surface area contributed by atoms with Crippen LogP contribution in [0.25, 0.3) is 22.6 Å². The number of amides is 1. The van der Waals surface area contributed by atoms with Gasteiger partial charge in [-0.15, -0.1) is 0 Å². The zero-order chi connectivity index (χ0) is 21.1. The Balaban J connectivity index is 1.71. The molecule has 154 valence electrons. The quantitative estimate of drug-likeness (QED) is 0.470. The number of hydrogen-bond donors (Lipinski definition) is 2. The van der Waals surface area contributed by atoms with Crippen LogP contribution in [-0.4, -0.2) is 44.5 Å². The summed E-state index contributed by atoms with van der Waals surface area (Å²) in [6.07, 6.45) is 1.60. The number of carbonyl (C=O) groups excluding carboxylic acids is 1. The van der Waals surface area contributed by atoms with Gasteiger partial charge in [0.1, 0.15) is 11.3 Å². The maximum atomic E-state index is 11.3. The topological polar surface area (TPSA) is 143 Å². The Labute approximate surface area is 170 Å². The molecule has 0 atom stereocenters. The first kappa shape index (κ1) is 19.3. The second-order valence-corrected chi connectivity index (χ2v) is 6.40. The highest BCUT2D eigenvalue weighted by Crippen LogP contribution is 2.29. The smallest absolute Gasteiger partial charge is 0.221 e. The van der Waals surface area contributed by atoms with Crippen molar-refractivity contribution in [2.45, 2.75) is 13.5 Å². The molecule has 11 nitrogen and oxygen atoms in total. The van der Waals surface area contributed by atoms with Gasteiger partial charge in [0.15, 0.2) is 17.3 Å². The molecule has 3 N–H and O–H groups in total. The number of imidazole rings is 1. The van der Waals surface area contributed by atoms with E-state index >= 15 is 0 Å². The van der Waals surface area contributed by atoms with E-state index in [1.165, 1.54) is 6.92 Å². The van der Waals surface area contributed by atoms with Gasteiger partial charge in [-0.2, -0.15) is 0 Å². The summed E-state index contributed by atoms with van der Waals surface area (Å²) in [4.78, 5) is 20.2. The number of ether oxygens (including phenoxy) is 2. The molecule has 4 aromatic rings. The van der Waals surface area contributed by atoms with E-state index in [2.05, 4.69) is 25.6 Å². The highest BCUT2D eigenvalue weighted by molar-refractivity contribution is 5.88. The minimum atomic E-state index is -0.164. The van der Waals surface area contributed by atoms with Crippen molar-refractivity contribution in [3.05, 3.63) is 36.5 Å². The van der Waals surface area contributed by atoms with E-state index in [1.807, 2.05) is 4.57 Å². The minimum Gasteiger partial charge on any atom is -0.439 e. The first-order valence-electron chi connectivity index (χ1n) is 9.04. The van der Waals surface area contributed by atoms with Crippen LogP contribution in [-0.2, 0) is 16.1 Å². The molecule has 3 heterocycles. The summed E-state index contributed by atoms with van der Waals surface area (Å²) in [5, 5.41) is 10.2. The molecule has 11 heteroatoms. The number of rotatable bonds is 7. The number of carbonyl (C=O) groups is 1. The molecular formula is C19H19N7O4. The van der Waals surface area contributed by atoms with Crippen LogP contribution < -0.4 is 15.8 Å². The van der Waals surface area contributed by atoms with Crippen LogP contribution >= 0.6 is 0 Å². The maximum absolute atomic E-state index is 11.3. The highest BCUT2D eigenvalue weighted by atomic mass is 16.6. The van der Waals surface area contributed by atoms with Crippen molar-refractivity contribution in [3.8, 4) is 23.1 Å². The monoisotopic (exact) mass is 409 g/mol. The second-order valence-electron chi connectivity index (χ2n) is 6.40. The Morgan fingerprint density at radius 1 is 1.30 bits per heavy atom. The molecule has 1 amide bonds. The van der Waals surface area contributed by atoms with Crippen molar-refractivity contribution in [2.75, 3.05) is 24.8 Å². The molecule has 30 heavy (non-hydrogen) atoms. The van der Waals surface area contributed by atoms with Gasteiger partial charge in [0.25, 0.3) is 0 Å². The van der Waals surface area contributed by atoms with E-state index in [0.717, 1.165) is 5.52 Å². The van der Waals surface area contributed by atoms with E-state index in [0.29, 0.717) is 47.5 Å². The van der Waals surface area contributed by atoms with Gasteiger partial charge in [-0.25, -0.2) is 14.6 Å². The molecule has 0 unspecified atom stereocenters. The molecular weight excluding hydrogens is 390 g/mol. The average Bonchev–Trinajstić information content (AvgIpc) is 3.29. The third-order valence-electron chi connectivity index (χ3n) is 4.23. The molecule has 0 saturated carbocycles. The fourth-order valence-electron chi connectivity index (χ4n) is 2.97. The van der Waals surface area contributed by atoms with Crippen molar-refractivity contribution < 1.29 is 18.9 Å². The number of anilines is 2. The van der Waals surface area contributed by atoms with Crippen LogP contribution in [0.15, 0.2) is 41.2 Å². The lowest BCUT2D eigenvalue weighted by atomic mass is 10.3. The van der Waals surface area contributed by atoms with Crippen molar-refractivity contribution in [3.63, 3.8) is 0 Å². The lowest BCUT2D eigenvalue weighted by Crippen LogP contribution is -2.07. The van der Waals surface area contributed by atoms with Crippen LogP contribution in [0.2, 0.25) is 0 Å². The number of nitrogen functional groups attached to an aromatic ring is 1. The molecule has 0 aliphatic heterocycles. The highest BCUT2D eigenvalue weighted by Gasteiger charge is 2.20. The fraction of sp³-hybridized carbons (Fsp3) is 0.211. The number of benzene rings is 1. The van der Waals surface area contributed by atoms with Crippen LogP contribution in [0.3, 0.4) is 0 Å². The number of nitrogens with zero attached hydrogens (tertiary/aromatic N) is 5. The molecule has 0 aliphatic carbocycles. The summed E-state index contributed by atoms with van der Waals surface area (Å²) < 4.78 is 17.7. The molecule has 1 aromatic carbocycles. The van der Waals surface area contributed by atoms with Crippen molar-refractivity contribution in [1.82, 2.24) is 24.8 Å². The zero-order valence-corrected chi connectivity index (χ0v) is 16.3. The minimum absolute atomic E-state index is 0.142. The molecule has 3 aromatic heterocycles. The van der Waals surface area contributed by atoms with Crippen molar-refractivity contribution >= 4 is 28.4 Å². The van der Waals surface area contributed by atoms with Crippen LogP contribution in [0.5, 0.6) is 11.6 Å². The summed E-state index contributed by atoms with van der Waals surface area (Å²) in [6, 6.07) is 8.79. The van der Waals surface area contributed by atoms with E-state index < -0.39 is 0 Å². The Kier molecular flexibility index (Phi) is 5.26. The summed E-state index contributed by atoms with van der Waals surface area (Å²) in [5.74, 6) is 1.36. The van der Waals surface area contributed by atoms with Gasteiger partial charge in [-0.05, 0) is 22.4 Å². The number of nitrogens with two attached hydrogens (primary N) is 1. The van der Waals surface area contributed by atoms with Crippen LogP contribution in [0.1, 0.15) is 6.92 Å². The Morgan fingerprint density at radius 3 is 2.90 bits per heavy atom. The predicted octanol–water partition coefficient (Wildman–Crippen LogP) is 2.46. The van der Waals surface area contributed by atoms with Gasteiger partial charge in [0.2, 0.25) is 11.8 Å². The second kappa shape index (κ2) is 8.17. The van der Waals surface area contributed by atoms with Gasteiger partial charge in [0.05, 0.1) is 18.3 Å². The average molecular weight is 409 g/mol. The van der Waals surface area contributed by atoms with E-state index in [4.69, 9.17) is 19.8 Å². The maximum Gasteiger partial charge on any atom is 0.221 e. The predicted molar refractivity (Wildman–Crippen MR) is 108 cm³/mol. The van der Waals surface area contributed by atoms with Crippen molar-refractivity contribution in [2.24, 2.45) is 0 Å². The largest absolute Gasteiger partial charge is 0.439 e. The van der Waals surface area contributed by atoms with E-state index in [9.17, 15) is 4.79 Å². The zero-order valence-electron chi connectivity index (χ0n) is 16.3. The summed E-state index contributed by atoms with van der Waals surface area (Å²) in [5.41, 5.74) is 8.20. The Bertz CT molecular complexity index is 1200. The molecule has 0 spiro atoms. The van der Waals surface area contributed by atoms with Gasteiger partial charge in [-0.1, -0.05) is 6.07 Å². The number of fused-ring (bicyclic) bond motifs is 1. The third kappa shape index (κ3) is 3.91. The first-order chi connectivity index (χ1) is 14.5. The van der Waals surface area contributed by atoms with Crippen molar-refractivity contribution in [1.29, 1.82) is 0 Å². The number of nitrogens with one attached hydrogen (secondary N) is 1. The van der Waals surface area contributed by atoms with E-state index in [-0.39, 0.29) is 11.7 Å². The lowest BCUT2D eigenvalue weighted by molar-refractivity contribution is -0.114. The summed E-state index contributed by atoms with van der Waals surface area (Å²) in [6.45, 7) is 2.38. The third-order valence-corrected chi connectivity index (χ3v) is 4.23. The molecule has 0 bridgehead atoms. The number of aromatic nitrogens is 5. The number of hydrogen-bond acceptors (Lipinski definition) is 9. The Morgan fingerprint density at radius 2 is 2.17 bits per heavy atom. The number of pyridine rings is 1. The molecule has 0 saturated heterocycles. The lowest BCUT2D eigenvalue weighted by Gasteiger charge is -2.09. The molecule has 4 rings (SSSR count). The van der Waals surface area contributed by atoms with Gasteiger partial charge in [-0.3, -0.25) is 4.79 Å². The normalized spacial score (nSPS) is 11.0.